The van der Waals surface area contributed by atoms with Crippen molar-refractivity contribution in [1.29, 1.82) is 0 Å². The number of carbonyl (C=O) groups excluding carboxylic acids is 1. The average molecular weight is 411 g/mol. The fourth-order valence-electron chi connectivity index (χ4n) is 3.99. The van der Waals surface area contributed by atoms with Crippen LogP contribution in [0.4, 0.5) is 0 Å². The largest absolute Gasteiger partial charge is 0.355 e. The van der Waals surface area contributed by atoms with Gasteiger partial charge in [-0.25, -0.2) is 0 Å². The summed E-state index contributed by atoms with van der Waals surface area (Å²) in [6, 6.07) is 0. The van der Waals surface area contributed by atoms with Crippen LogP contribution in [0.2, 0.25) is 0 Å². The molecule has 0 aromatic carbocycles. The van der Waals surface area contributed by atoms with Crippen molar-refractivity contribution >= 4 is 5.91 Å². The van der Waals surface area contributed by atoms with Gasteiger partial charge in [0.05, 0.1) is 0 Å². The third-order valence-corrected chi connectivity index (χ3v) is 6.15. The van der Waals surface area contributed by atoms with Gasteiger partial charge in [-0.2, -0.15) is 0 Å². The van der Waals surface area contributed by atoms with Gasteiger partial charge in [0, 0.05) is 19.5 Å². The number of amides is 1. The molecule has 1 amide bonds. The van der Waals surface area contributed by atoms with E-state index in [2.05, 4.69) is 31.0 Å². The molecule has 0 aromatic heterocycles. The van der Waals surface area contributed by atoms with Gasteiger partial charge in [0.25, 0.3) is 0 Å². The predicted octanol–water partition coefficient (Wildman–Crippen LogP) is 7.49. The molecule has 3 nitrogen and oxygen atoms in total. The minimum Gasteiger partial charge on any atom is -0.355 e. The topological polar surface area (TPSA) is 32.3 Å². The maximum absolute atomic E-state index is 11.8. The molecule has 0 aliphatic heterocycles. The van der Waals surface area contributed by atoms with Crippen LogP contribution in [0.25, 0.3) is 0 Å². The molecular formula is C26H54N2O. The second-order valence-electron chi connectivity index (χ2n) is 8.78. The summed E-state index contributed by atoms with van der Waals surface area (Å²) in [5.41, 5.74) is 0. The second-order valence-corrected chi connectivity index (χ2v) is 8.78. The zero-order valence-corrected chi connectivity index (χ0v) is 20.4. The Hall–Kier alpha value is -0.570. The van der Waals surface area contributed by atoms with Crippen molar-refractivity contribution in [3.63, 3.8) is 0 Å². The highest BCUT2D eigenvalue weighted by atomic mass is 16.1. The number of hydrogen-bond acceptors (Lipinski definition) is 2. The molecule has 3 heteroatoms. The van der Waals surface area contributed by atoms with E-state index >= 15 is 0 Å². The van der Waals surface area contributed by atoms with Crippen LogP contribution >= 0.6 is 0 Å². The standard InChI is InChI=1S/C26H54N2O/c1-4-7-8-9-10-11-12-13-14-15-16-17-18-19-20-21-22-23-26(29)27-24-25-28(5-2)6-3/h4-25H2,1-3H3,(H,27,29). The third-order valence-electron chi connectivity index (χ3n) is 6.15. The molecule has 0 aliphatic rings. The fourth-order valence-corrected chi connectivity index (χ4v) is 3.99. The lowest BCUT2D eigenvalue weighted by Gasteiger charge is -2.17. The van der Waals surface area contributed by atoms with Crippen molar-refractivity contribution in [2.45, 2.75) is 136 Å². The molecule has 0 unspecified atom stereocenters. The highest BCUT2D eigenvalue weighted by Gasteiger charge is 2.03. The van der Waals surface area contributed by atoms with E-state index in [-0.39, 0.29) is 5.91 Å². The minimum absolute atomic E-state index is 0.234. The van der Waals surface area contributed by atoms with Crippen molar-refractivity contribution in [2.75, 3.05) is 26.2 Å². The Morgan fingerprint density at radius 2 is 0.966 bits per heavy atom. The molecule has 1 N–H and O–H groups in total. The molecule has 29 heavy (non-hydrogen) atoms. The maximum Gasteiger partial charge on any atom is 0.220 e. The molecule has 0 bridgehead atoms. The van der Waals surface area contributed by atoms with Crippen molar-refractivity contribution < 1.29 is 4.79 Å². The Morgan fingerprint density at radius 3 is 1.34 bits per heavy atom. The Kier molecular flexibility index (Phi) is 23.2. The van der Waals surface area contributed by atoms with Crippen molar-refractivity contribution in [3.8, 4) is 0 Å². The molecule has 0 fully saturated rings. The molecule has 0 saturated heterocycles. The molecule has 0 heterocycles. The first-order chi connectivity index (χ1) is 14.2. The first-order valence-electron chi connectivity index (χ1n) is 13.2. The van der Waals surface area contributed by atoms with Crippen LogP contribution in [0.15, 0.2) is 0 Å². The zero-order chi connectivity index (χ0) is 21.4. The van der Waals surface area contributed by atoms with Gasteiger partial charge in [0.1, 0.15) is 0 Å². The van der Waals surface area contributed by atoms with E-state index < -0.39 is 0 Å². The van der Waals surface area contributed by atoms with E-state index in [9.17, 15) is 4.79 Å². The van der Waals surface area contributed by atoms with E-state index in [0.29, 0.717) is 6.42 Å². The Balaban J connectivity index is 3.17. The summed E-state index contributed by atoms with van der Waals surface area (Å²) in [6.07, 6.45) is 24.2. The molecule has 0 rings (SSSR count). The van der Waals surface area contributed by atoms with Crippen LogP contribution in [-0.2, 0) is 4.79 Å². The van der Waals surface area contributed by atoms with E-state index in [1.807, 2.05) is 0 Å². The van der Waals surface area contributed by atoms with Gasteiger partial charge < -0.3 is 10.2 Å². The first kappa shape index (κ1) is 28.4. The highest BCUT2D eigenvalue weighted by molar-refractivity contribution is 5.75. The number of carbonyl (C=O) groups is 1. The van der Waals surface area contributed by atoms with E-state index in [1.54, 1.807) is 0 Å². The summed E-state index contributed by atoms with van der Waals surface area (Å²) in [5.74, 6) is 0.234. The number of rotatable bonds is 23. The van der Waals surface area contributed by atoms with Crippen LogP contribution in [0.5, 0.6) is 0 Å². The Bertz CT molecular complexity index is 329. The highest BCUT2D eigenvalue weighted by Crippen LogP contribution is 2.14. The average Bonchev–Trinajstić information content (AvgIpc) is 2.73. The predicted molar refractivity (Wildman–Crippen MR) is 130 cm³/mol. The van der Waals surface area contributed by atoms with Gasteiger partial charge in [0.2, 0.25) is 5.91 Å². The van der Waals surface area contributed by atoms with Gasteiger partial charge in [-0.05, 0) is 19.5 Å². The van der Waals surface area contributed by atoms with Gasteiger partial charge in [-0.3, -0.25) is 4.79 Å². The van der Waals surface area contributed by atoms with E-state index in [4.69, 9.17) is 0 Å². The summed E-state index contributed by atoms with van der Waals surface area (Å²) in [4.78, 5) is 14.2. The quantitative estimate of drug-likeness (QED) is 0.177. The van der Waals surface area contributed by atoms with Gasteiger partial charge in [-0.15, -0.1) is 0 Å². The molecule has 0 atom stereocenters. The van der Waals surface area contributed by atoms with Gasteiger partial charge in [-0.1, -0.05) is 124 Å². The number of hydrogen-bond donors (Lipinski definition) is 1. The molecule has 0 aromatic rings. The summed E-state index contributed by atoms with van der Waals surface area (Å²) in [6.45, 7) is 10.5. The number of likely N-dealkylation sites (N-methyl/N-ethyl adjacent to an activating group) is 1. The summed E-state index contributed by atoms with van der Waals surface area (Å²) in [7, 11) is 0. The molecular weight excluding hydrogens is 356 g/mol. The molecule has 0 aliphatic carbocycles. The van der Waals surface area contributed by atoms with Crippen LogP contribution in [-0.4, -0.2) is 37.0 Å². The smallest absolute Gasteiger partial charge is 0.220 e. The van der Waals surface area contributed by atoms with Gasteiger partial charge in [0.15, 0.2) is 0 Å². The second kappa shape index (κ2) is 23.7. The normalized spacial score (nSPS) is 11.3. The van der Waals surface area contributed by atoms with E-state index in [0.717, 1.165) is 32.6 Å². The number of unbranched alkanes of at least 4 members (excludes halogenated alkanes) is 16. The fraction of sp³-hybridized carbons (Fsp3) is 0.962. The lowest BCUT2D eigenvalue weighted by molar-refractivity contribution is -0.121. The number of nitrogens with zero attached hydrogens (tertiary/aromatic N) is 1. The van der Waals surface area contributed by atoms with E-state index in [1.165, 1.54) is 103 Å². The summed E-state index contributed by atoms with van der Waals surface area (Å²) >= 11 is 0. The lowest BCUT2D eigenvalue weighted by Crippen LogP contribution is -2.34. The summed E-state index contributed by atoms with van der Waals surface area (Å²) in [5, 5.41) is 3.06. The Morgan fingerprint density at radius 1 is 0.586 bits per heavy atom. The zero-order valence-electron chi connectivity index (χ0n) is 20.4. The van der Waals surface area contributed by atoms with Crippen LogP contribution < -0.4 is 5.32 Å². The van der Waals surface area contributed by atoms with Crippen molar-refractivity contribution in [3.05, 3.63) is 0 Å². The molecule has 0 saturated carbocycles. The molecule has 0 spiro atoms. The molecule has 174 valence electrons. The Labute approximate surface area is 183 Å². The first-order valence-corrected chi connectivity index (χ1v) is 13.2. The SMILES string of the molecule is CCCCCCCCCCCCCCCCCCCC(=O)NCCN(CC)CC. The van der Waals surface area contributed by atoms with Crippen LogP contribution in [0.1, 0.15) is 136 Å². The third kappa shape index (κ3) is 21.9. The minimum atomic E-state index is 0.234. The van der Waals surface area contributed by atoms with Crippen molar-refractivity contribution in [1.82, 2.24) is 10.2 Å². The van der Waals surface area contributed by atoms with Crippen molar-refractivity contribution in [2.24, 2.45) is 0 Å². The van der Waals surface area contributed by atoms with Gasteiger partial charge >= 0.3 is 0 Å². The summed E-state index contributed by atoms with van der Waals surface area (Å²) < 4.78 is 0. The number of nitrogens with one attached hydrogen (secondary N) is 1. The van der Waals surface area contributed by atoms with Crippen LogP contribution in [0.3, 0.4) is 0 Å². The monoisotopic (exact) mass is 410 g/mol. The molecule has 0 radical (unpaired) electrons. The maximum atomic E-state index is 11.8. The lowest BCUT2D eigenvalue weighted by atomic mass is 10.0. The van der Waals surface area contributed by atoms with Crippen LogP contribution in [0, 0.1) is 0 Å².